The molecule has 0 aromatic carbocycles. The molecule has 6 bridgehead atoms. The summed E-state index contributed by atoms with van der Waals surface area (Å²) in [6, 6.07) is -0.602. The molecule has 5 aliphatic rings. The number of likely N-dealkylation sites (tertiary alicyclic amines) is 1. The van der Waals surface area contributed by atoms with E-state index in [1.165, 1.54) is 4.90 Å². The second kappa shape index (κ2) is 11.6. The van der Waals surface area contributed by atoms with Crippen molar-refractivity contribution >= 4 is 17.8 Å². The quantitative estimate of drug-likeness (QED) is 0.352. The van der Waals surface area contributed by atoms with Gasteiger partial charge in [0.2, 0.25) is 11.8 Å². The van der Waals surface area contributed by atoms with Crippen molar-refractivity contribution in [2.24, 2.45) is 0 Å². The third-order valence-electron chi connectivity index (χ3n) is 8.61. The predicted molar refractivity (Wildman–Crippen MR) is 136 cm³/mol. The summed E-state index contributed by atoms with van der Waals surface area (Å²) >= 11 is 0. The molecule has 4 heterocycles. The zero-order valence-electron chi connectivity index (χ0n) is 22.5. The Bertz CT molecular complexity index is 884. The predicted octanol–water partition coefficient (Wildman–Crippen LogP) is -0.972. The van der Waals surface area contributed by atoms with E-state index in [-0.39, 0.29) is 55.5 Å². The molecule has 4 saturated heterocycles. The van der Waals surface area contributed by atoms with Crippen LogP contribution in [0.4, 0.5) is 4.79 Å². The summed E-state index contributed by atoms with van der Waals surface area (Å²) in [6.07, 6.45) is 0.204. The van der Waals surface area contributed by atoms with E-state index in [1.54, 1.807) is 0 Å². The molecule has 4 N–H and O–H groups in total. The van der Waals surface area contributed by atoms with Crippen LogP contribution in [0.1, 0.15) is 52.4 Å². The third-order valence-corrected chi connectivity index (χ3v) is 8.61. The monoisotopic (exact) mass is 537 g/mol. The first-order chi connectivity index (χ1) is 18.2. The molecular formula is C26H43N5O7. The van der Waals surface area contributed by atoms with E-state index in [2.05, 4.69) is 15.5 Å². The lowest BCUT2D eigenvalue weighted by Crippen LogP contribution is -2.57. The fourth-order valence-electron chi connectivity index (χ4n) is 6.74. The Balaban J connectivity index is 1.41. The highest BCUT2D eigenvalue weighted by Crippen LogP contribution is 2.32. The number of ether oxygens (including phenoxy) is 2. The van der Waals surface area contributed by atoms with Crippen molar-refractivity contribution < 1.29 is 34.1 Å². The molecule has 214 valence electrons. The zero-order valence-corrected chi connectivity index (χ0v) is 22.5. The van der Waals surface area contributed by atoms with Crippen LogP contribution in [-0.4, -0.2) is 137 Å². The minimum Gasteiger partial charge on any atom is -0.388 e. The number of fused-ring (bicyclic) bond motifs is 6. The molecule has 0 radical (unpaired) electrons. The van der Waals surface area contributed by atoms with Crippen molar-refractivity contribution in [2.75, 3.05) is 39.3 Å². The lowest BCUT2D eigenvalue weighted by molar-refractivity contribution is -0.145. The van der Waals surface area contributed by atoms with Crippen LogP contribution in [0, 0.1) is 0 Å². The summed E-state index contributed by atoms with van der Waals surface area (Å²) < 4.78 is 11.9. The normalized spacial score (nSPS) is 37.7. The highest BCUT2D eigenvalue weighted by molar-refractivity contribution is 5.83. The van der Waals surface area contributed by atoms with Crippen LogP contribution >= 0.6 is 0 Å². The molecule has 5 rings (SSSR count). The minimum absolute atomic E-state index is 0.0173. The van der Waals surface area contributed by atoms with E-state index in [0.29, 0.717) is 38.7 Å². The minimum atomic E-state index is -1.24. The topological polar surface area (TPSA) is 144 Å². The molecule has 0 unspecified atom stereocenters. The van der Waals surface area contributed by atoms with Gasteiger partial charge in [-0.05, 0) is 33.1 Å². The van der Waals surface area contributed by atoms with Gasteiger partial charge in [0.15, 0.2) is 0 Å². The van der Waals surface area contributed by atoms with Crippen LogP contribution in [-0.2, 0) is 19.1 Å². The van der Waals surface area contributed by atoms with Crippen LogP contribution < -0.4 is 10.6 Å². The summed E-state index contributed by atoms with van der Waals surface area (Å²) in [5.41, 5.74) is 0. The van der Waals surface area contributed by atoms with E-state index in [4.69, 9.17) is 9.47 Å². The number of morpholine rings is 1. The first-order valence-electron chi connectivity index (χ1n) is 14.2. The Kier molecular flexibility index (Phi) is 8.44. The maximum atomic E-state index is 13.9. The van der Waals surface area contributed by atoms with Crippen molar-refractivity contribution in [3.05, 3.63) is 0 Å². The Morgan fingerprint density at radius 3 is 2.53 bits per heavy atom. The highest BCUT2D eigenvalue weighted by Gasteiger charge is 2.47. The van der Waals surface area contributed by atoms with Gasteiger partial charge in [0.25, 0.3) is 0 Å². The Morgan fingerprint density at radius 2 is 1.79 bits per heavy atom. The molecule has 7 atom stereocenters. The van der Waals surface area contributed by atoms with Crippen LogP contribution in [0.5, 0.6) is 0 Å². The molecule has 5 fully saturated rings. The fourth-order valence-corrected chi connectivity index (χ4v) is 6.74. The second-order valence-corrected chi connectivity index (χ2v) is 11.8. The number of nitrogens with zero attached hydrogens (tertiary/aromatic N) is 3. The molecule has 1 aliphatic carbocycles. The number of carbonyl (C=O) groups is 3. The molecule has 0 aromatic rings. The van der Waals surface area contributed by atoms with Gasteiger partial charge in [-0.2, -0.15) is 0 Å². The molecule has 4 aliphatic heterocycles. The van der Waals surface area contributed by atoms with Crippen molar-refractivity contribution in [3.8, 4) is 0 Å². The number of urea groups is 1. The van der Waals surface area contributed by atoms with Crippen molar-refractivity contribution in [3.63, 3.8) is 0 Å². The van der Waals surface area contributed by atoms with Crippen molar-refractivity contribution in [1.29, 1.82) is 0 Å². The van der Waals surface area contributed by atoms with Gasteiger partial charge in [-0.25, -0.2) is 4.79 Å². The maximum Gasteiger partial charge on any atom is 0.317 e. The van der Waals surface area contributed by atoms with Gasteiger partial charge in [0.1, 0.15) is 18.3 Å². The van der Waals surface area contributed by atoms with Gasteiger partial charge in [0.05, 0.1) is 44.4 Å². The Labute approximate surface area is 224 Å². The standard InChI is InChI=1S/C26H43N5O7/c1-15(2)27-26(36)30-13-18-12-29(7-8-37-18)25(35)19-9-16(11-31(19)17-5-3-4-6-17)28-22(32)10-20-23(33)24(34)21(14-30)38-20/h15-21,23-24,33-34H,3-14H2,1-2H3,(H,27,36)(H,28,32)/t16-,18-,19-,20-,21+,23-,24+/m0/s1. The largest absolute Gasteiger partial charge is 0.388 e. The van der Waals surface area contributed by atoms with E-state index < -0.39 is 30.5 Å². The summed E-state index contributed by atoms with van der Waals surface area (Å²) in [4.78, 5) is 45.6. The smallest absolute Gasteiger partial charge is 0.317 e. The number of aliphatic hydroxyl groups excluding tert-OH is 2. The fraction of sp³-hybridized carbons (Fsp3) is 0.885. The zero-order chi connectivity index (χ0) is 27.0. The molecule has 1 saturated carbocycles. The van der Waals surface area contributed by atoms with E-state index in [1.807, 2.05) is 18.7 Å². The van der Waals surface area contributed by atoms with Crippen molar-refractivity contribution in [2.45, 2.75) is 107 Å². The van der Waals surface area contributed by atoms with Gasteiger partial charge in [-0.1, -0.05) is 12.8 Å². The number of amides is 4. The molecule has 12 heteroatoms. The number of aliphatic hydroxyl groups is 2. The SMILES string of the molecule is CC(C)NC(=O)N1C[C@@H]2CN(CCO2)C(=O)[C@@H]2C[C@@H](CN2C2CCCC2)NC(=O)C[C@@H]2O[C@H](C1)[C@@H](O)[C@H]2O. The Hall–Kier alpha value is -1.99. The average Bonchev–Trinajstić information content (AvgIpc) is 3.60. The second-order valence-electron chi connectivity index (χ2n) is 11.8. The Morgan fingerprint density at radius 1 is 1.05 bits per heavy atom. The van der Waals surface area contributed by atoms with Gasteiger partial charge in [-0.3, -0.25) is 14.5 Å². The maximum absolute atomic E-state index is 13.9. The van der Waals surface area contributed by atoms with Gasteiger partial charge < -0.3 is 40.1 Å². The van der Waals surface area contributed by atoms with Gasteiger partial charge >= 0.3 is 6.03 Å². The summed E-state index contributed by atoms with van der Waals surface area (Å²) in [6.45, 7) is 5.76. The summed E-state index contributed by atoms with van der Waals surface area (Å²) in [5.74, 6) is -0.221. The molecule has 38 heavy (non-hydrogen) atoms. The number of hydrogen-bond acceptors (Lipinski definition) is 8. The van der Waals surface area contributed by atoms with Crippen LogP contribution in [0.15, 0.2) is 0 Å². The molecule has 0 aromatic heterocycles. The molecule has 4 amide bonds. The number of rotatable bonds is 2. The molecule has 0 spiro atoms. The number of carbonyl (C=O) groups excluding carboxylic acids is 3. The molecule has 12 nitrogen and oxygen atoms in total. The first-order valence-corrected chi connectivity index (χ1v) is 14.2. The highest BCUT2D eigenvalue weighted by atomic mass is 16.5. The summed E-state index contributed by atoms with van der Waals surface area (Å²) in [5, 5.41) is 27.3. The van der Waals surface area contributed by atoms with Crippen LogP contribution in [0.3, 0.4) is 0 Å². The van der Waals surface area contributed by atoms with Crippen LogP contribution in [0.2, 0.25) is 0 Å². The lowest BCUT2D eigenvalue weighted by Gasteiger charge is -2.39. The average molecular weight is 538 g/mol. The third kappa shape index (κ3) is 5.94. The molecular weight excluding hydrogens is 494 g/mol. The number of hydrogen-bond donors (Lipinski definition) is 4. The first kappa shape index (κ1) is 27.6. The van der Waals surface area contributed by atoms with Crippen LogP contribution in [0.25, 0.3) is 0 Å². The van der Waals surface area contributed by atoms with E-state index in [9.17, 15) is 24.6 Å². The van der Waals surface area contributed by atoms with Gasteiger partial charge in [-0.15, -0.1) is 0 Å². The van der Waals surface area contributed by atoms with E-state index in [0.717, 1.165) is 25.7 Å². The van der Waals surface area contributed by atoms with E-state index >= 15 is 0 Å². The summed E-state index contributed by atoms with van der Waals surface area (Å²) in [7, 11) is 0. The van der Waals surface area contributed by atoms with Gasteiger partial charge in [0, 0.05) is 37.8 Å². The number of nitrogens with one attached hydrogen (secondary N) is 2. The van der Waals surface area contributed by atoms with Crippen molar-refractivity contribution in [1.82, 2.24) is 25.3 Å². The lowest BCUT2D eigenvalue weighted by atomic mass is 10.0.